The van der Waals surface area contributed by atoms with Gasteiger partial charge in [0.25, 0.3) is 0 Å². The fourth-order valence-electron chi connectivity index (χ4n) is 2.13. The van der Waals surface area contributed by atoms with Crippen molar-refractivity contribution < 1.29 is 18.7 Å². The standard InChI is InChI=1S/C17H17ClFNO3/c1-22-13-5-7-16(23-2)11(9-13)3-8-17(21)20-15-6-4-12(18)10-14(15)19/h4-7,9-10H,3,8H2,1-2H3,(H,20,21). The number of carbonyl (C=O) groups is 1. The van der Waals surface area contributed by atoms with E-state index in [1.165, 1.54) is 12.1 Å². The van der Waals surface area contributed by atoms with Gasteiger partial charge in [-0.15, -0.1) is 0 Å². The molecule has 0 saturated heterocycles. The van der Waals surface area contributed by atoms with Crippen molar-refractivity contribution in [3.8, 4) is 11.5 Å². The van der Waals surface area contributed by atoms with Crippen LogP contribution in [0.4, 0.5) is 10.1 Å². The average molecular weight is 338 g/mol. The van der Waals surface area contributed by atoms with Crippen LogP contribution in [0, 0.1) is 5.82 Å². The Morgan fingerprint density at radius 3 is 2.61 bits per heavy atom. The quantitative estimate of drug-likeness (QED) is 0.864. The van der Waals surface area contributed by atoms with Crippen LogP contribution in [0.15, 0.2) is 36.4 Å². The Kier molecular flexibility index (Phi) is 5.82. The molecule has 0 spiro atoms. The molecule has 0 radical (unpaired) electrons. The Morgan fingerprint density at radius 1 is 1.17 bits per heavy atom. The summed E-state index contributed by atoms with van der Waals surface area (Å²) in [6, 6.07) is 9.49. The van der Waals surface area contributed by atoms with E-state index in [4.69, 9.17) is 21.1 Å². The molecule has 122 valence electrons. The molecule has 0 aliphatic rings. The molecule has 0 heterocycles. The second kappa shape index (κ2) is 7.83. The number of carbonyl (C=O) groups excluding carboxylic acids is 1. The molecule has 0 aliphatic carbocycles. The topological polar surface area (TPSA) is 47.6 Å². The number of hydrogen-bond acceptors (Lipinski definition) is 3. The Bertz CT molecular complexity index is 706. The second-order valence-corrected chi connectivity index (χ2v) is 5.29. The van der Waals surface area contributed by atoms with Gasteiger partial charge in [-0.2, -0.15) is 0 Å². The zero-order valence-corrected chi connectivity index (χ0v) is 13.6. The molecular formula is C17H17ClFNO3. The summed E-state index contributed by atoms with van der Waals surface area (Å²) in [5.74, 6) is 0.502. The van der Waals surface area contributed by atoms with Crippen molar-refractivity contribution in [1.82, 2.24) is 0 Å². The van der Waals surface area contributed by atoms with E-state index in [0.717, 1.165) is 11.6 Å². The molecule has 1 amide bonds. The first-order chi connectivity index (χ1) is 11.0. The fourth-order valence-corrected chi connectivity index (χ4v) is 2.29. The van der Waals surface area contributed by atoms with Gasteiger partial charge in [-0.1, -0.05) is 11.6 Å². The number of rotatable bonds is 6. The lowest BCUT2D eigenvalue weighted by atomic mass is 10.1. The highest BCUT2D eigenvalue weighted by Gasteiger charge is 2.10. The van der Waals surface area contributed by atoms with Crippen molar-refractivity contribution in [3.05, 3.63) is 52.8 Å². The van der Waals surface area contributed by atoms with Gasteiger partial charge in [0.1, 0.15) is 17.3 Å². The zero-order chi connectivity index (χ0) is 16.8. The van der Waals surface area contributed by atoms with Gasteiger partial charge in [0, 0.05) is 11.4 Å². The Labute approximate surface area is 139 Å². The summed E-state index contributed by atoms with van der Waals surface area (Å²) in [5, 5.41) is 2.81. The van der Waals surface area contributed by atoms with Gasteiger partial charge in [-0.05, 0) is 48.4 Å². The maximum Gasteiger partial charge on any atom is 0.224 e. The molecule has 23 heavy (non-hydrogen) atoms. The lowest BCUT2D eigenvalue weighted by Crippen LogP contribution is -2.13. The van der Waals surface area contributed by atoms with E-state index >= 15 is 0 Å². The van der Waals surface area contributed by atoms with Crippen molar-refractivity contribution in [3.63, 3.8) is 0 Å². The van der Waals surface area contributed by atoms with E-state index in [1.54, 1.807) is 26.4 Å². The molecule has 2 rings (SSSR count). The number of nitrogens with one attached hydrogen (secondary N) is 1. The summed E-state index contributed by atoms with van der Waals surface area (Å²) in [7, 11) is 3.13. The monoisotopic (exact) mass is 337 g/mol. The van der Waals surface area contributed by atoms with Gasteiger partial charge in [0.15, 0.2) is 0 Å². The molecule has 0 aromatic heterocycles. The third-order valence-corrected chi connectivity index (χ3v) is 3.55. The highest BCUT2D eigenvalue weighted by molar-refractivity contribution is 6.30. The minimum absolute atomic E-state index is 0.108. The normalized spacial score (nSPS) is 10.3. The van der Waals surface area contributed by atoms with Crippen molar-refractivity contribution in [2.75, 3.05) is 19.5 Å². The van der Waals surface area contributed by atoms with Gasteiger partial charge in [-0.3, -0.25) is 4.79 Å². The fraction of sp³-hybridized carbons (Fsp3) is 0.235. The molecule has 1 N–H and O–H groups in total. The number of methoxy groups -OCH3 is 2. The van der Waals surface area contributed by atoms with Crippen molar-refractivity contribution in [2.24, 2.45) is 0 Å². The van der Waals surface area contributed by atoms with Crippen LogP contribution >= 0.6 is 11.6 Å². The maximum absolute atomic E-state index is 13.7. The molecule has 2 aromatic carbocycles. The Balaban J connectivity index is 2.01. The molecule has 0 unspecified atom stereocenters. The summed E-state index contributed by atoms with van der Waals surface area (Å²) < 4.78 is 24.1. The number of amides is 1. The van der Waals surface area contributed by atoms with Crippen molar-refractivity contribution >= 4 is 23.2 Å². The minimum atomic E-state index is -0.565. The third kappa shape index (κ3) is 4.60. The SMILES string of the molecule is COc1ccc(OC)c(CCC(=O)Nc2ccc(Cl)cc2F)c1. The Morgan fingerprint density at radius 2 is 1.96 bits per heavy atom. The molecule has 0 aliphatic heterocycles. The van der Waals surface area contributed by atoms with Gasteiger partial charge >= 0.3 is 0 Å². The van der Waals surface area contributed by atoms with E-state index in [2.05, 4.69) is 5.32 Å². The van der Waals surface area contributed by atoms with Crippen molar-refractivity contribution in [2.45, 2.75) is 12.8 Å². The number of anilines is 1. The summed E-state index contributed by atoms with van der Waals surface area (Å²) in [6.07, 6.45) is 0.632. The predicted octanol–water partition coefficient (Wildman–Crippen LogP) is 4.07. The molecule has 0 saturated carbocycles. The third-order valence-electron chi connectivity index (χ3n) is 3.31. The summed E-state index contributed by atoms with van der Waals surface area (Å²) in [5.41, 5.74) is 0.954. The summed E-state index contributed by atoms with van der Waals surface area (Å²) in [6.45, 7) is 0. The second-order valence-electron chi connectivity index (χ2n) is 4.85. The van der Waals surface area contributed by atoms with Crippen LogP contribution < -0.4 is 14.8 Å². The number of benzene rings is 2. The van der Waals surface area contributed by atoms with Crippen LogP contribution in [0.25, 0.3) is 0 Å². The minimum Gasteiger partial charge on any atom is -0.497 e. The lowest BCUT2D eigenvalue weighted by Gasteiger charge is -2.11. The molecular weight excluding hydrogens is 321 g/mol. The van der Waals surface area contributed by atoms with E-state index in [-0.39, 0.29) is 23.0 Å². The number of hydrogen-bond donors (Lipinski definition) is 1. The predicted molar refractivity (Wildman–Crippen MR) is 87.9 cm³/mol. The Hall–Kier alpha value is -2.27. The summed E-state index contributed by atoms with van der Waals surface area (Å²) >= 11 is 5.68. The summed E-state index contributed by atoms with van der Waals surface area (Å²) in [4.78, 5) is 12.0. The molecule has 0 fully saturated rings. The van der Waals surface area contributed by atoms with E-state index < -0.39 is 5.82 Å². The number of aryl methyl sites for hydroxylation is 1. The molecule has 6 heteroatoms. The van der Waals surface area contributed by atoms with Crippen LogP contribution in [0.3, 0.4) is 0 Å². The highest BCUT2D eigenvalue weighted by atomic mass is 35.5. The lowest BCUT2D eigenvalue weighted by molar-refractivity contribution is -0.116. The van der Waals surface area contributed by atoms with Crippen LogP contribution in [0.2, 0.25) is 5.02 Å². The largest absolute Gasteiger partial charge is 0.497 e. The highest BCUT2D eigenvalue weighted by Crippen LogP contribution is 2.25. The molecule has 0 bridgehead atoms. The van der Waals surface area contributed by atoms with E-state index in [0.29, 0.717) is 17.9 Å². The first kappa shape index (κ1) is 17.1. The van der Waals surface area contributed by atoms with Gasteiger partial charge in [0.2, 0.25) is 5.91 Å². The van der Waals surface area contributed by atoms with Crippen LogP contribution in [-0.4, -0.2) is 20.1 Å². The van der Waals surface area contributed by atoms with Gasteiger partial charge in [0.05, 0.1) is 19.9 Å². The maximum atomic E-state index is 13.7. The van der Waals surface area contributed by atoms with Gasteiger partial charge in [-0.25, -0.2) is 4.39 Å². The van der Waals surface area contributed by atoms with Crippen LogP contribution in [0.1, 0.15) is 12.0 Å². The van der Waals surface area contributed by atoms with E-state index in [9.17, 15) is 9.18 Å². The van der Waals surface area contributed by atoms with E-state index in [1.807, 2.05) is 6.07 Å². The first-order valence-electron chi connectivity index (χ1n) is 6.99. The molecule has 0 atom stereocenters. The van der Waals surface area contributed by atoms with Crippen molar-refractivity contribution in [1.29, 1.82) is 0 Å². The first-order valence-corrected chi connectivity index (χ1v) is 7.37. The zero-order valence-electron chi connectivity index (χ0n) is 12.9. The number of ether oxygens (including phenoxy) is 2. The van der Waals surface area contributed by atoms with Crippen LogP contribution in [-0.2, 0) is 11.2 Å². The smallest absolute Gasteiger partial charge is 0.224 e. The molecule has 4 nitrogen and oxygen atoms in total. The number of halogens is 2. The van der Waals surface area contributed by atoms with Gasteiger partial charge < -0.3 is 14.8 Å². The molecule has 2 aromatic rings. The average Bonchev–Trinajstić information content (AvgIpc) is 2.55. The van der Waals surface area contributed by atoms with Crippen LogP contribution in [0.5, 0.6) is 11.5 Å².